The molecule has 4 heteroatoms. The normalized spacial score (nSPS) is 21.4. The number of likely N-dealkylation sites (tertiary alicyclic amines) is 1. The molecule has 1 fully saturated rings. The molecule has 1 aromatic rings. The van der Waals surface area contributed by atoms with Crippen molar-refractivity contribution in [2.75, 3.05) is 6.54 Å². The molecule has 0 aromatic carbocycles. The topological polar surface area (TPSA) is 53.7 Å². The summed E-state index contributed by atoms with van der Waals surface area (Å²) in [5.74, 6) is -0.894. The molecular weight excluding hydrogens is 206 g/mol. The highest BCUT2D eigenvalue weighted by atomic mass is 16.4. The molecule has 1 aliphatic rings. The van der Waals surface area contributed by atoms with Crippen LogP contribution in [0, 0.1) is 0 Å². The maximum Gasteiger partial charge on any atom is 0.372 e. The second-order valence-electron chi connectivity index (χ2n) is 4.25. The first-order valence-corrected chi connectivity index (χ1v) is 5.76. The minimum Gasteiger partial charge on any atom is -0.475 e. The van der Waals surface area contributed by atoms with E-state index in [4.69, 9.17) is 9.52 Å². The van der Waals surface area contributed by atoms with Crippen LogP contribution in [0.4, 0.5) is 0 Å². The van der Waals surface area contributed by atoms with Crippen molar-refractivity contribution in [3.8, 4) is 0 Å². The SMILES string of the molecule is CCC1CCCN1Cc1ccoc1C(=O)O. The molecule has 1 atom stereocenters. The molecule has 16 heavy (non-hydrogen) atoms. The van der Waals surface area contributed by atoms with Crippen molar-refractivity contribution in [2.45, 2.75) is 38.8 Å². The zero-order valence-corrected chi connectivity index (χ0v) is 9.48. The lowest BCUT2D eigenvalue weighted by atomic mass is 10.1. The van der Waals surface area contributed by atoms with Gasteiger partial charge in [-0.2, -0.15) is 0 Å². The predicted octanol–water partition coefficient (Wildman–Crippen LogP) is 2.35. The van der Waals surface area contributed by atoms with Gasteiger partial charge in [-0.25, -0.2) is 4.79 Å². The van der Waals surface area contributed by atoms with Crippen molar-refractivity contribution in [2.24, 2.45) is 0 Å². The molecule has 1 saturated heterocycles. The van der Waals surface area contributed by atoms with E-state index < -0.39 is 5.97 Å². The molecule has 0 amide bonds. The fraction of sp³-hybridized carbons (Fsp3) is 0.583. The third-order valence-corrected chi connectivity index (χ3v) is 3.28. The number of carboxylic acids is 1. The Morgan fingerprint density at radius 1 is 1.69 bits per heavy atom. The molecule has 2 rings (SSSR count). The molecule has 0 bridgehead atoms. The molecule has 0 radical (unpaired) electrons. The Morgan fingerprint density at radius 3 is 3.19 bits per heavy atom. The number of aromatic carboxylic acids is 1. The lowest BCUT2D eigenvalue weighted by Gasteiger charge is -2.22. The van der Waals surface area contributed by atoms with Gasteiger partial charge in [-0.3, -0.25) is 4.90 Å². The molecule has 1 aliphatic heterocycles. The summed E-state index contributed by atoms with van der Waals surface area (Å²) in [4.78, 5) is 13.2. The van der Waals surface area contributed by atoms with Crippen molar-refractivity contribution < 1.29 is 14.3 Å². The summed E-state index contributed by atoms with van der Waals surface area (Å²) in [6.07, 6.45) is 5.01. The summed E-state index contributed by atoms with van der Waals surface area (Å²) in [6.45, 7) is 3.93. The van der Waals surface area contributed by atoms with Crippen molar-refractivity contribution >= 4 is 5.97 Å². The number of carbonyl (C=O) groups is 1. The molecule has 0 spiro atoms. The zero-order chi connectivity index (χ0) is 11.5. The van der Waals surface area contributed by atoms with Crippen molar-refractivity contribution in [3.05, 3.63) is 23.7 Å². The maximum atomic E-state index is 10.9. The van der Waals surface area contributed by atoms with E-state index in [0.717, 1.165) is 18.5 Å². The molecule has 1 unspecified atom stereocenters. The highest BCUT2D eigenvalue weighted by Gasteiger charge is 2.25. The summed E-state index contributed by atoms with van der Waals surface area (Å²) in [6, 6.07) is 2.35. The fourth-order valence-corrected chi connectivity index (χ4v) is 2.43. The van der Waals surface area contributed by atoms with Gasteiger partial charge in [0, 0.05) is 18.2 Å². The van der Waals surface area contributed by atoms with Crippen LogP contribution in [0.1, 0.15) is 42.3 Å². The Labute approximate surface area is 94.9 Å². The fourth-order valence-electron chi connectivity index (χ4n) is 2.43. The minimum absolute atomic E-state index is 0.0850. The largest absolute Gasteiger partial charge is 0.475 e. The molecule has 88 valence electrons. The third-order valence-electron chi connectivity index (χ3n) is 3.28. The van der Waals surface area contributed by atoms with Gasteiger partial charge >= 0.3 is 5.97 Å². The Bertz CT molecular complexity index is 372. The second kappa shape index (κ2) is 4.70. The Morgan fingerprint density at radius 2 is 2.50 bits per heavy atom. The molecule has 1 aromatic heterocycles. The van der Waals surface area contributed by atoms with E-state index in [0.29, 0.717) is 12.6 Å². The molecule has 0 aliphatic carbocycles. The summed E-state index contributed by atoms with van der Waals surface area (Å²) in [5, 5.41) is 8.94. The minimum atomic E-state index is -0.979. The average Bonchev–Trinajstić information content (AvgIpc) is 2.86. The highest BCUT2D eigenvalue weighted by Crippen LogP contribution is 2.23. The molecule has 1 N–H and O–H groups in total. The first kappa shape index (κ1) is 11.2. The Kier molecular flexibility index (Phi) is 3.29. The molecule has 2 heterocycles. The van der Waals surface area contributed by atoms with Crippen LogP contribution >= 0.6 is 0 Å². The lowest BCUT2D eigenvalue weighted by Crippen LogP contribution is -2.28. The monoisotopic (exact) mass is 223 g/mol. The van der Waals surface area contributed by atoms with Crippen LogP contribution in [0.25, 0.3) is 0 Å². The summed E-state index contributed by atoms with van der Waals surface area (Å²) < 4.78 is 4.98. The van der Waals surface area contributed by atoms with Gasteiger partial charge in [0.05, 0.1) is 6.26 Å². The van der Waals surface area contributed by atoms with E-state index in [-0.39, 0.29) is 5.76 Å². The lowest BCUT2D eigenvalue weighted by molar-refractivity contribution is 0.0658. The van der Waals surface area contributed by atoms with Crippen LogP contribution < -0.4 is 0 Å². The summed E-state index contributed by atoms with van der Waals surface area (Å²) >= 11 is 0. The molecule has 0 saturated carbocycles. The zero-order valence-electron chi connectivity index (χ0n) is 9.48. The smallest absolute Gasteiger partial charge is 0.372 e. The van der Waals surface area contributed by atoms with Gasteiger partial charge in [-0.1, -0.05) is 6.92 Å². The van der Waals surface area contributed by atoms with Gasteiger partial charge < -0.3 is 9.52 Å². The van der Waals surface area contributed by atoms with Crippen LogP contribution in [0.5, 0.6) is 0 Å². The summed E-state index contributed by atoms with van der Waals surface area (Å²) in [5.41, 5.74) is 0.785. The number of hydrogen-bond donors (Lipinski definition) is 1. The first-order valence-electron chi connectivity index (χ1n) is 5.76. The van der Waals surface area contributed by atoms with Crippen molar-refractivity contribution in [1.82, 2.24) is 4.90 Å². The predicted molar refractivity (Wildman–Crippen MR) is 59.4 cm³/mol. The van der Waals surface area contributed by atoms with Crippen molar-refractivity contribution in [3.63, 3.8) is 0 Å². The molecule has 4 nitrogen and oxygen atoms in total. The quantitative estimate of drug-likeness (QED) is 0.851. The van der Waals surface area contributed by atoms with E-state index in [1.807, 2.05) is 0 Å². The van der Waals surface area contributed by atoms with E-state index in [1.165, 1.54) is 19.1 Å². The van der Waals surface area contributed by atoms with Crippen LogP contribution in [-0.4, -0.2) is 28.6 Å². The Hall–Kier alpha value is -1.29. The van der Waals surface area contributed by atoms with Crippen LogP contribution in [0.2, 0.25) is 0 Å². The van der Waals surface area contributed by atoms with E-state index in [9.17, 15) is 4.79 Å². The van der Waals surface area contributed by atoms with Gasteiger partial charge in [-0.05, 0) is 31.9 Å². The number of carboxylic acid groups (broad SMARTS) is 1. The van der Waals surface area contributed by atoms with Crippen LogP contribution in [-0.2, 0) is 6.54 Å². The van der Waals surface area contributed by atoms with Crippen LogP contribution in [0.3, 0.4) is 0 Å². The number of nitrogens with zero attached hydrogens (tertiary/aromatic N) is 1. The average molecular weight is 223 g/mol. The van der Waals surface area contributed by atoms with E-state index in [2.05, 4.69) is 11.8 Å². The Balaban J connectivity index is 2.08. The van der Waals surface area contributed by atoms with Gasteiger partial charge in [0.25, 0.3) is 0 Å². The second-order valence-corrected chi connectivity index (χ2v) is 4.25. The van der Waals surface area contributed by atoms with Gasteiger partial charge in [0.15, 0.2) is 0 Å². The van der Waals surface area contributed by atoms with Crippen LogP contribution in [0.15, 0.2) is 16.7 Å². The van der Waals surface area contributed by atoms with Crippen molar-refractivity contribution in [1.29, 1.82) is 0 Å². The van der Waals surface area contributed by atoms with Gasteiger partial charge in [0.1, 0.15) is 0 Å². The summed E-state index contributed by atoms with van der Waals surface area (Å²) in [7, 11) is 0. The highest BCUT2D eigenvalue weighted by molar-refractivity contribution is 5.86. The standard InChI is InChI=1S/C12H17NO3/c1-2-10-4-3-6-13(10)8-9-5-7-16-11(9)12(14)15/h5,7,10H,2-4,6,8H2,1H3,(H,14,15). The van der Waals surface area contributed by atoms with Gasteiger partial charge in [-0.15, -0.1) is 0 Å². The third kappa shape index (κ3) is 2.11. The van der Waals surface area contributed by atoms with E-state index in [1.54, 1.807) is 6.07 Å². The number of hydrogen-bond acceptors (Lipinski definition) is 3. The number of furan rings is 1. The number of rotatable bonds is 4. The van der Waals surface area contributed by atoms with E-state index >= 15 is 0 Å². The maximum absolute atomic E-state index is 10.9. The van der Waals surface area contributed by atoms with Gasteiger partial charge in [0.2, 0.25) is 5.76 Å². The molecular formula is C12H17NO3. The first-order chi connectivity index (χ1) is 7.72.